The monoisotopic (exact) mass is 179 g/mol. The van der Waals surface area contributed by atoms with E-state index in [9.17, 15) is 13.2 Å². The molecule has 1 N–H and O–H groups in total. The third kappa shape index (κ3) is 1.44. The predicted octanol–water partition coefficient (Wildman–Crippen LogP) is 2.08. The van der Waals surface area contributed by atoms with E-state index in [4.69, 9.17) is 0 Å². The molecule has 0 radical (unpaired) electrons. The normalized spacial score (nSPS) is 41.8. The molecule has 4 heteroatoms. The lowest BCUT2D eigenvalue weighted by Gasteiger charge is -2.28. The molecule has 1 aliphatic heterocycles. The second-order valence-electron chi connectivity index (χ2n) is 3.95. The predicted molar refractivity (Wildman–Crippen MR) is 38.7 cm³/mol. The van der Waals surface area contributed by atoms with Gasteiger partial charge in [0.1, 0.15) is 0 Å². The van der Waals surface area contributed by atoms with Gasteiger partial charge in [-0.3, -0.25) is 0 Å². The first-order valence-electron chi connectivity index (χ1n) is 4.34. The summed E-state index contributed by atoms with van der Waals surface area (Å²) in [7, 11) is 0. The van der Waals surface area contributed by atoms with Gasteiger partial charge in [-0.25, -0.2) is 0 Å². The van der Waals surface area contributed by atoms with E-state index in [-0.39, 0.29) is 5.54 Å². The highest BCUT2D eigenvalue weighted by Gasteiger charge is 2.50. The molecule has 1 aliphatic carbocycles. The van der Waals surface area contributed by atoms with Gasteiger partial charge < -0.3 is 5.32 Å². The minimum Gasteiger partial charge on any atom is -0.308 e. The van der Waals surface area contributed by atoms with E-state index in [0.717, 1.165) is 6.54 Å². The van der Waals surface area contributed by atoms with E-state index in [2.05, 4.69) is 5.32 Å². The van der Waals surface area contributed by atoms with Gasteiger partial charge in [-0.05, 0) is 25.7 Å². The third-order valence-corrected chi connectivity index (χ3v) is 3.08. The van der Waals surface area contributed by atoms with E-state index in [1.54, 1.807) is 0 Å². The maximum Gasteiger partial charge on any atom is 0.391 e. The Morgan fingerprint density at radius 2 is 1.67 bits per heavy atom. The van der Waals surface area contributed by atoms with Gasteiger partial charge in [0.25, 0.3) is 0 Å². The van der Waals surface area contributed by atoms with Crippen molar-refractivity contribution in [3.63, 3.8) is 0 Å². The van der Waals surface area contributed by atoms with Crippen molar-refractivity contribution in [2.75, 3.05) is 6.54 Å². The molecule has 2 fully saturated rings. The van der Waals surface area contributed by atoms with Crippen LogP contribution >= 0.6 is 0 Å². The molecular formula is C8H12F3N. The Balaban J connectivity index is 1.90. The highest BCUT2D eigenvalue weighted by molar-refractivity contribution is 5.06. The second kappa shape index (κ2) is 2.37. The van der Waals surface area contributed by atoms with Crippen molar-refractivity contribution in [1.29, 1.82) is 0 Å². The van der Waals surface area contributed by atoms with Crippen molar-refractivity contribution in [3.8, 4) is 0 Å². The van der Waals surface area contributed by atoms with Gasteiger partial charge in [0.2, 0.25) is 0 Å². The highest BCUT2D eigenvalue weighted by Crippen LogP contribution is 2.44. The number of rotatable bonds is 0. The smallest absolute Gasteiger partial charge is 0.308 e. The maximum absolute atomic E-state index is 12.2. The minimum absolute atomic E-state index is 0.127. The standard InChI is InChI=1S/C8H12F3N/c9-8(10,11)6-1-3-7(4-2-6)5-12-7/h6,12H,1-5H2. The first-order valence-corrected chi connectivity index (χ1v) is 4.34. The van der Waals surface area contributed by atoms with Crippen molar-refractivity contribution in [3.05, 3.63) is 0 Å². The summed E-state index contributed by atoms with van der Waals surface area (Å²) in [5, 5.41) is 3.15. The molecule has 0 atom stereocenters. The van der Waals surface area contributed by atoms with Crippen LogP contribution in [0, 0.1) is 5.92 Å². The van der Waals surface area contributed by atoms with Crippen molar-refractivity contribution < 1.29 is 13.2 Å². The molecule has 12 heavy (non-hydrogen) atoms. The average Bonchev–Trinajstić information content (AvgIpc) is 2.68. The van der Waals surface area contributed by atoms with Crippen LogP contribution in [0.25, 0.3) is 0 Å². The first kappa shape index (κ1) is 8.35. The summed E-state index contributed by atoms with van der Waals surface area (Å²) in [6.07, 6.45) is -1.92. The Morgan fingerprint density at radius 3 is 2.00 bits per heavy atom. The number of halogens is 3. The Kier molecular flexibility index (Phi) is 1.65. The molecule has 0 unspecified atom stereocenters. The molecule has 1 nitrogen and oxygen atoms in total. The van der Waals surface area contributed by atoms with Crippen molar-refractivity contribution in [2.24, 2.45) is 5.92 Å². The fourth-order valence-electron chi connectivity index (χ4n) is 1.98. The summed E-state index contributed by atoms with van der Waals surface area (Å²) in [6, 6.07) is 0. The zero-order valence-electron chi connectivity index (χ0n) is 6.75. The second-order valence-corrected chi connectivity index (χ2v) is 3.95. The lowest BCUT2D eigenvalue weighted by molar-refractivity contribution is -0.182. The molecule has 0 amide bonds. The largest absolute Gasteiger partial charge is 0.391 e. The molecule has 1 heterocycles. The van der Waals surface area contributed by atoms with Gasteiger partial charge in [0.15, 0.2) is 0 Å². The molecule has 1 saturated carbocycles. The van der Waals surface area contributed by atoms with Gasteiger partial charge >= 0.3 is 6.18 Å². The maximum atomic E-state index is 12.2. The van der Waals surface area contributed by atoms with Crippen LogP contribution in [0.5, 0.6) is 0 Å². The van der Waals surface area contributed by atoms with Gasteiger partial charge in [0, 0.05) is 12.1 Å². The summed E-state index contributed by atoms with van der Waals surface area (Å²) in [4.78, 5) is 0. The van der Waals surface area contributed by atoms with E-state index in [1.165, 1.54) is 0 Å². The van der Waals surface area contributed by atoms with E-state index in [1.807, 2.05) is 0 Å². The van der Waals surface area contributed by atoms with Gasteiger partial charge in [-0.1, -0.05) is 0 Å². The van der Waals surface area contributed by atoms with Crippen LogP contribution in [0.3, 0.4) is 0 Å². The Hall–Kier alpha value is -0.250. The van der Waals surface area contributed by atoms with Crippen molar-refractivity contribution in [1.82, 2.24) is 5.32 Å². The fraction of sp³-hybridized carbons (Fsp3) is 1.00. The zero-order chi connectivity index (χ0) is 8.82. The van der Waals surface area contributed by atoms with E-state index >= 15 is 0 Å². The van der Waals surface area contributed by atoms with Crippen LogP contribution < -0.4 is 5.32 Å². The quantitative estimate of drug-likeness (QED) is 0.565. The minimum atomic E-state index is -3.96. The highest BCUT2D eigenvalue weighted by atomic mass is 19.4. The summed E-state index contributed by atoms with van der Waals surface area (Å²) < 4.78 is 36.6. The lowest BCUT2D eigenvalue weighted by Crippen LogP contribution is -2.32. The van der Waals surface area contributed by atoms with Crippen molar-refractivity contribution >= 4 is 0 Å². The number of hydrogen-bond acceptors (Lipinski definition) is 1. The van der Waals surface area contributed by atoms with Crippen LogP contribution in [0.15, 0.2) is 0 Å². The zero-order valence-corrected chi connectivity index (χ0v) is 6.75. The van der Waals surface area contributed by atoms with Crippen LogP contribution in [0.4, 0.5) is 13.2 Å². The van der Waals surface area contributed by atoms with E-state index < -0.39 is 12.1 Å². The van der Waals surface area contributed by atoms with Crippen LogP contribution in [-0.2, 0) is 0 Å². The summed E-state index contributed by atoms with van der Waals surface area (Å²) in [5.41, 5.74) is 0.127. The topological polar surface area (TPSA) is 21.9 Å². The molecule has 0 aromatic rings. The summed E-state index contributed by atoms with van der Waals surface area (Å²) in [5.74, 6) is -1.04. The van der Waals surface area contributed by atoms with Crippen LogP contribution in [0.1, 0.15) is 25.7 Å². The molecular weight excluding hydrogens is 167 g/mol. The molecule has 2 aliphatic rings. The number of alkyl halides is 3. The third-order valence-electron chi connectivity index (χ3n) is 3.08. The molecule has 1 saturated heterocycles. The van der Waals surface area contributed by atoms with E-state index in [0.29, 0.717) is 25.7 Å². The Morgan fingerprint density at radius 1 is 1.17 bits per heavy atom. The molecule has 0 aromatic heterocycles. The van der Waals surface area contributed by atoms with Crippen LogP contribution in [0.2, 0.25) is 0 Å². The van der Waals surface area contributed by atoms with Gasteiger partial charge in [-0.15, -0.1) is 0 Å². The Labute approximate surface area is 69.3 Å². The van der Waals surface area contributed by atoms with Crippen molar-refractivity contribution in [2.45, 2.75) is 37.4 Å². The molecule has 0 aromatic carbocycles. The van der Waals surface area contributed by atoms with Gasteiger partial charge in [0.05, 0.1) is 5.92 Å². The summed E-state index contributed by atoms with van der Waals surface area (Å²) >= 11 is 0. The fourth-order valence-corrected chi connectivity index (χ4v) is 1.98. The SMILES string of the molecule is FC(F)(F)C1CCC2(CC1)CN2. The average molecular weight is 179 g/mol. The number of nitrogens with one attached hydrogen (secondary N) is 1. The summed E-state index contributed by atoms with van der Waals surface area (Å²) in [6.45, 7) is 0.928. The molecule has 2 rings (SSSR count). The molecule has 0 bridgehead atoms. The first-order chi connectivity index (χ1) is 5.52. The number of hydrogen-bond donors (Lipinski definition) is 1. The Bertz CT molecular complexity index is 173. The van der Waals surface area contributed by atoms with Gasteiger partial charge in [-0.2, -0.15) is 13.2 Å². The molecule has 1 spiro atoms. The molecule has 70 valence electrons. The van der Waals surface area contributed by atoms with Crippen LogP contribution in [-0.4, -0.2) is 18.3 Å². The lowest BCUT2D eigenvalue weighted by atomic mass is 9.81.